The van der Waals surface area contributed by atoms with Gasteiger partial charge in [-0.2, -0.15) is 0 Å². The molecule has 0 aromatic rings. The minimum atomic E-state index is -0.482. The van der Waals surface area contributed by atoms with Crippen molar-refractivity contribution in [1.29, 1.82) is 0 Å². The minimum absolute atomic E-state index is 0.0496. The molecule has 0 spiro atoms. The standard InChI is InChI=1S/C7H14N4O2/c8-5-3-4(13-6(5)12)1-2-11-7(9)10/h4-5H,1-3,8H2,(H4,9,10,11)/t4-,5+/m0/s1. The number of nitrogens with zero attached hydrogens (tertiary/aromatic N) is 1. The van der Waals surface area contributed by atoms with Gasteiger partial charge in [-0.25, -0.2) is 0 Å². The molecular weight excluding hydrogens is 172 g/mol. The fraction of sp³-hybridized carbons (Fsp3) is 0.714. The maximum atomic E-state index is 10.8. The maximum absolute atomic E-state index is 10.8. The van der Waals surface area contributed by atoms with Crippen molar-refractivity contribution in [2.24, 2.45) is 22.2 Å². The van der Waals surface area contributed by atoms with Crippen LogP contribution in [0.15, 0.2) is 4.99 Å². The monoisotopic (exact) mass is 186 g/mol. The summed E-state index contributed by atoms with van der Waals surface area (Å²) in [5.41, 5.74) is 15.7. The number of nitrogens with two attached hydrogens (primary N) is 3. The Kier molecular flexibility index (Phi) is 3.07. The lowest BCUT2D eigenvalue weighted by atomic mass is 10.1. The SMILES string of the molecule is NC(N)=NCC[C@H]1C[C@@H](N)C(=O)O1. The lowest BCUT2D eigenvalue weighted by Crippen LogP contribution is -2.24. The fourth-order valence-electron chi connectivity index (χ4n) is 1.19. The van der Waals surface area contributed by atoms with Gasteiger partial charge in [-0.05, 0) is 0 Å². The smallest absolute Gasteiger partial charge is 0.323 e. The second kappa shape index (κ2) is 4.08. The van der Waals surface area contributed by atoms with Crippen LogP contribution < -0.4 is 17.2 Å². The first-order valence-corrected chi connectivity index (χ1v) is 4.11. The van der Waals surface area contributed by atoms with Crippen LogP contribution in [0, 0.1) is 0 Å². The molecule has 0 amide bonds. The number of hydrogen-bond donors (Lipinski definition) is 3. The zero-order valence-corrected chi connectivity index (χ0v) is 7.27. The molecule has 1 saturated heterocycles. The van der Waals surface area contributed by atoms with E-state index in [4.69, 9.17) is 21.9 Å². The Balaban J connectivity index is 2.25. The number of rotatable bonds is 3. The molecule has 1 aliphatic heterocycles. The van der Waals surface area contributed by atoms with Crippen molar-refractivity contribution in [2.45, 2.75) is 25.0 Å². The predicted octanol–water partition coefficient (Wildman–Crippen LogP) is -1.71. The van der Waals surface area contributed by atoms with Crippen molar-refractivity contribution in [3.63, 3.8) is 0 Å². The number of guanidine groups is 1. The van der Waals surface area contributed by atoms with Gasteiger partial charge in [-0.3, -0.25) is 9.79 Å². The quantitative estimate of drug-likeness (QED) is 0.276. The summed E-state index contributed by atoms with van der Waals surface area (Å²) < 4.78 is 4.94. The number of hydrogen-bond acceptors (Lipinski definition) is 4. The van der Waals surface area contributed by atoms with E-state index in [1.54, 1.807) is 0 Å². The summed E-state index contributed by atoms with van der Waals surface area (Å²) in [6, 6.07) is -0.482. The molecule has 0 aromatic carbocycles. The minimum Gasteiger partial charge on any atom is -0.461 e. The van der Waals surface area contributed by atoms with E-state index in [1.165, 1.54) is 0 Å². The second-order valence-corrected chi connectivity index (χ2v) is 3.00. The van der Waals surface area contributed by atoms with Crippen LogP contribution in [0.4, 0.5) is 0 Å². The van der Waals surface area contributed by atoms with E-state index in [2.05, 4.69) is 4.99 Å². The summed E-state index contributed by atoms with van der Waals surface area (Å²) in [6.07, 6.45) is 1.04. The third kappa shape index (κ3) is 2.90. The molecule has 6 heteroatoms. The number of aliphatic imine (C=N–C) groups is 1. The molecule has 0 unspecified atom stereocenters. The Labute approximate surface area is 76.1 Å². The van der Waals surface area contributed by atoms with Crippen LogP contribution in [-0.4, -0.2) is 30.6 Å². The Morgan fingerprint density at radius 2 is 2.31 bits per heavy atom. The fourth-order valence-corrected chi connectivity index (χ4v) is 1.19. The third-order valence-electron chi connectivity index (χ3n) is 1.85. The van der Waals surface area contributed by atoms with Crippen molar-refractivity contribution in [2.75, 3.05) is 6.54 Å². The molecule has 0 saturated carbocycles. The van der Waals surface area contributed by atoms with Gasteiger partial charge in [0.2, 0.25) is 0 Å². The lowest BCUT2D eigenvalue weighted by Gasteiger charge is -2.05. The van der Waals surface area contributed by atoms with Crippen molar-refractivity contribution in [3.05, 3.63) is 0 Å². The highest BCUT2D eigenvalue weighted by Gasteiger charge is 2.30. The summed E-state index contributed by atoms with van der Waals surface area (Å²) in [7, 11) is 0. The van der Waals surface area contributed by atoms with Gasteiger partial charge in [0.1, 0.15) is 12.1 Å². The van der Waals surface area contributed by atoms with Crippen LogP contribution in [0.25, 0.3) is 0 Å². The molecule has 1 fully saturated rings. The number of esters is 1. The zero-order valence-electron chi connectivity index (χ0n) is 7.27. The van der Waals surface area contributed by atoms with E-state index in [1.807, 2.05) is 0 Å². The summed E-state index contributed by atoms with van der Waals surface area (Å²) >= 11 is 0. The molecule has 0 aromatic heterocycles. The lowest BCUT2D eigenvalue weighted by molar-refractivity contribution is -0.142. The van der Waals surface area contributed by atoms with E-state index in [9.17, 15) is 4.79 Å². The van der Waals surface area contributed by atoms with Crippen molar-refractivity contribution < 1.29 is 9.53 Å². The van der Waals surface area contributed by atoms with E-state index in [0.29, 0.717) is 19.4 Å². The molecule has 0 bridgehead atoms. The van der Waals surface area contributed by atoms with E-state index in [0.717, 1.165) is 0 Å². The number of cyclic esters (lactones) is 1. The molecule has 0 radical (unpaired) electrons. The van der Waals surface area contributed by atoms with Gasteiger partial charge in [0.25, 0.3) is 0 Å². The highest BCUT2D eigenvalue weighted by molar-refractivity contribution is 5.77. The molecule has 6 nitrogen and oxygen atoms in total. The van der Waals surface area contributed by atoms with Crippen LogP contribution in [0.3, 0.4) is 0 Å². The van der Waals surface area contributed by atoms with Gasteiger partial charge in [-0.15, -0.1) is 0 Å². The summed E-state index contributed by atoms with van der Waals surface area (Å²) in [5, 5.41) is 0. The molecule has 2 atom stereocenters. The molecule has 0 aliphatic carbocycles. The van der Waals surface area contributed by atoms with E-state index in [-0.39, 0.29) is 18.0 Å². The van der Waals surface area contributed by atoms with Crippen LogP contribution >= 0.6 is 0 Å². The molecule has 74 valence electrons. The van der Waals surface area contributed by atoms with Gasteiger partial charge in [-0.1, -0.05) is 0 Å². The highest BCUT2D eigenvalue weighted by atomic mass is 16.6. The number of ether oxygens (including phenoxy) is 1. The summed E-state index contributed by atoms with van der Waals surface area (Å²) in [5.74, 6) is -0.289. The molecule has 6 N–H and O–H groups in total. The Morgan fingerprint density at radius 3 is 2.77 bits per heavy atom. The van der Waals surface area contributed by atoms with Crippen LogP contribution in [-0.2, 0) is 9.53 Å². The summed E-state index contributed by atoms with van der Waals surface area (Å²) in [4.78, 5) is 14.6. The predicted molar refractivity (Wildman–Crippen MR) is 47.8 cm³/mol. The Morgan fingerprint density at radius 1 is 1.62 bits per heavy atom. The average Bonchev–Trinajstić information content (AvgIpc) is 2.30. The van der Waals surface area contributed by atoms with Crippen molar-refractivity contribution >= 4 is 11.9 Å². The normalized spacial score (nSPS) is 27.0. The largest absolute Gasteiger partial charge is 0.461 e. The van der Waals surface area contributed by atoms with Crippen molar-refractivity contribution in [1.82, 2.24) is 0 Å². The first-order valence-electron chi connectivity index (χ1n) is 4.11. The van der Waals surface area contributed by atoms with Crippen LogP contribution in [0.5, 0.6) is 0 Å². The van der Waals surface area contributed by atoms with Gasteiger partial charge in [0, 0.05) is 19.4 Å². The first kappa shape index (κ1) is 9.79. The Hall–Kier alpha value is -1.30. The number of carbonyl (C=O) groups excluding carboxylic acids is 1. The summed E-state index contributed by atoms with van der Waals surface area (Å²) in [6.45, 7) is 0.465. The van der Waals surface area contributed by atoms with Gasteiger partial charge in [0.15, 0.2) is 5.96 Å². The van der Waals surface area contributed by atoms with Crippen molar-refractivity contribution in [3.8, 4) is 0 Å². The first-order chi connectivity index (χ1) is 6.09. The highest BCUT2D eigenvalue weighted by Crippen LogP contribution is 2.15. The molecular formula is C7H14N4O2. The van der Waals surface area contributed by atoms with E-state index >= 15 is 0 Å². The second-order valence-electron chi connectivity index (χ2n) is 3.00. The van der Waals surface area contributed by atoms with Gasteiger partial charge in [0.05, 0.1) is 0 Å². The van der Waals surface area contributed by atoms with Crippen LogP contribution in [0.1, 0.15) is 12.8 Å². The molecule has 1 rings (SSSR count). The maximum Gasteiger partial charge on any atom is 0.323 e. The van der Waals surface area contributed by atoms with Crippen LogP contribution in [0.2, 0.25) is 0 Å². The van der Waals surface area contributed by atoms with Gasteiger partial charge < -0.3 is 21.9 Å². The molecule has 1 heterocycles. The molecule has 13 heavy (non-hydrogen) atoms. The Bertz CT molecular complexity index is 225. The van der Waals surface area contributed by atoms with Gasteiger partial charge >= 0.3 is 5.97 Å². The third-order valence-corrected chi connectivity index (χ3v) is 1.85. The van der Waals surface area contributed by atoms with E-state index < -0.39 is 6.04 Å². The zero-order chi connectivity index (χ0) is 9.84. The topological polar surface area (TPSA) is 117 Å². The number of carbonyl (C=O) groups is 1. The average molecular weight is 186 g/mol. The molecule has 1 aliphatic rings.